The Morgan fingerprint density at radius 1 is 1.42 bits per heavy atom. The number of hydrogen-bond acceptors (Lipinski definition) is 2. The first kappa shape index (κ1) is 14.3. The van der Waals surface area contributed by atoms with Gasteiger partial charge in [-0.3, -0.25) is 9.78 Å². The average molecular weight is 281 g/mol. The Hall–Kier alpha value is -1.09. The Labute approximate surface area is 119 Å². The van der Waals surface area contributed by atoms with Gasteiger partial charge in [0.2, 0.25) is 0 Å². The zero-order chi connectivity index (χ0) is 13.7. The molecular formula is C15H21ClN2O. The number of pyridine rings is 1. The number of carbonyl (C=O) groups excluding carboxylic acids is 1. The number of rotatable bonds is 4. The number of aromatic nitrogens is 1. The van der Waals surface area contributed by atoms with Crippen molar-refractivity contribution in [1.82, 2.24) is 10.3 Å². The van der Waals surface area contributed by atoms with E-state index in [-0.39, 0.29) is 11.3 Å². The van der Waals surface area contributed by atoms with Gasteiger partial charge in [-0.15, -0.1) is 11.6 Å². The third-order valence-corrected chi connectivity index (χ3v) is 4.55. The van der Waals surface area contributed by atoms with Gasteiger partial charge in [0.1, 0.15) is 0 Å². The maximum atomic E-state index is 12.1. The molecule has 1 aliphatic rings. The third-order valence-electron chi connectivity index (χ3n) is 3.98. The van der Waals surface area contributed by atoms with Crippen LogP contribution >= 0.6 is 11.6 Å². The van der Waals surface area contributed by atoms with E-state index in [1.165, 1.54) is 19.3 Å². The molecule has 0 radical (unpaired) electrons. The predicted molar refractivity (Wildman–Crippen MR) is 77.5 cm³/mol. The van der Waals surface area contributed by atoms with E-state index in [2.05, 4.69) is 10.3 Å². The summed E-state index contributed by atoms with van der Waals surface area (Å²) in [5.41, 5.74) is 1.63. The SMILES string of the molecule is Cc1cc(C(=O)NCC2(CCl)CCCCC2)ccn1. The Kier molecular flexibility index (Phi) is 4.81. The third kappa shape index (κ3) is 3.69. The molecule has 0 bridgehead atoms. The van der Waals surface area contributed by atoms with Crippen LogP contribution in [0.15, 0.2) is 18.3 Å². The fourth-order valence-electron chi connectivity index (χ4n) is 2.72. The lowest BCUT2D eigenvalue weighted by Crippen LogP contribution is -2.40. The number of amides is 1. The summed E-state index contributed by atoms with van der Waals surface area (Å²) in [5, 5.41) is 3.04. The minimum Gasteiger partial charge on any atom is -0.351 e. The summed E-state index contributed by atoms with van der Waals surface area (Å²) >= 11 is 6.13. The highest BCUT2D eigenvalue weighted by Crippen LogP contribution is 2.36. The highest BCUT2D eigenvalue weighted by Gasteiger charge is 2.31. The quantitative estimate of drug-likeness (QED) is 0.860. The van der Waals surface area contributed by atoms with E-state index in [1.807, 2.05) is 13.0 Å². The molecule has 0 saturated heterocycles. The highest BCUT2D eigenvalue weighted by molar-refractivity contribution is 6.18. The molecule has 19 heavy (non-hydrogen) atoms. The molecular weight excluding hydrogens is 260 g/mol. The minimum absolute atomic E-state index is 0.0273. The molecule has 104 valence electrons. The molecule has 2 rings (SSSR count). The van der Waals surface area contributed by atoms with Crippen LogP contribution in [-0.2, 0) is 0 Å². The maximum absolute atomic E-state index is 12.1. The van der Waals surface area contributed by atoms with Crippen LogP contribution in [0.4, 0.5) is 0 Å². The Bertz CT molecular complexity index is 442. The van der Waals surface area contributed by atoms with Crippen LogP contribution in [-0.4, -0.2) is 23.3 Å². The van der Waals surface area contributed by atoms with Crippen LogP contribution in [0.5, 0.6) is 0 Å². The van der Waals surface area contributed by atoms with Crippen molar-refractivity contribution in [3.8, 4) is 0 Å². The van der Waals surface area contributed by atoms with E-state index >= 15 is 0 Å². The standard InChI is InChI=1S/C15H21ClN2O/c1-12-9-13(5-8-17-12)14(19)18-11-15(10-16)6-3-2-4-7-15/h5,8-9H,2-4,6-7,10-11H2,1H3,(H,18,19). The number of alkyl halides is 1. The fourth-order valence-corrected chi connectivity index (χ4v) is 3.08. The van der Waals surface area contributed by atoms with Crippen LogP contribution in [0.3, 0.4) is 0 Å². The summed E-state index contributed by atoms with van der Waals surface area (Å²) < 4.78 is 0. The lowest BCUT2D eigenvalue weighted by atomic mass is 9.75. The van der Waals surface area contributed by atoms with Crippen LogP contribution in [0.25, 0.3) is 0 Å². The van der Waals surface area contributed by atoms with Gasteiger partial charge < -0.3 is 5.32 Å². The van der Waals surface area contributed by atoms with Crippen LogP contribution in [0, 0.1) is 12.3 Å². The first-order chi connectivity index (χ1) is 9.15. The zero-order valence-electron chi connectivity index (χ0n) is 11.4. The van der Waals surface area contributed by atoms with E-state index in [0.717, 1.165) is 18.5 Å². The predicted octanol–water partition coefficient (Wildman–Crippen LogP) is 3.31. The van der Waals surface area contributed by atoms with E-state index in [9.17, 15) is 4.79 Å². The zero-order valence-corrected chi connectivity index (χ0v) is 12.2. The number of nitrogens with one attached hydrogen (secondary N) is 1. The largest absolute Gasteiger partial charge is 0.351 e. The second-order valence-electron chi connectivity index (χ2n) is 5.56. The smallest absolute Gasteiger partial charge is 0.251 e. The van der Waals surface area contributed by atoms with Gasteiger partial charge in [0.15, 0.2) is 0 Å². The highest BCUT2D eigenvalue weighted by atomic mass is 35.5. The normalized spacial score (nSPS) is 18.0. The van der Waals surface area contributed by atoms with E-state index in [0.29, 0.717) is 18.0 Å². The van der Waals surface area contributed by atoms with Gasteiger partial charge in [-0.2, -0.15) is 0 Å². The lowest BCUT2D eigenvalue weighted by Gasteiger charge is -2.35. The summed E-state index contributed by atoms with van der Waals surface area (Å²) in [6, 6.07) is 3.56. The number of halogens is 1. The number of aryl methyl sites for hydroxylation is 1. The van der Waals surface area contributed by atoms with Crippen molar-refractivity contribution in [3.05, 3.63) is 29.6 Å². The first-order valence-corrected chi connectivity index (χ1v) is 7.45. The molecule has 1 fully saturated rings. The van der Waals surface area contributed by atoms with Crippen molar-refractivity contribution in [3.63, 3.8) is 0 Å². The van der Waals surface area contributed by atoms with Gasteiger partial charge in [0.05, 0.1) is 0 Å². The molecule has 0 aliphatic heterocycles. The molecule has 1 saturated carbocycles. The van der Waals surface area contributed by atoms with Crippen molar-refractivity contribution in [1.29, 1.82) is 0 Å². The minimum atomic E-state index is -0.0273. The Morgan fingerprint density at radius 3 is 2.79 bits per heavy atom. The molecule has 4 heteroatoms. The molecule has 0 aromatic carbocycles. The molecule has 1 aromatic heterocycles. The van der Waals surface area contributed by atoms with Crippen molar-refractivity contribution >= 4 is 17.5 Å². The first-order valence-electron chi connectivity index (χ1n) is 6.92. The van der Waals surface area contributed by atoms with Crippen LogP contribution in [0.1, 0.15) is 48.2 Å². The van der Waals surface area contributed by atoms with Crippen molar-refractivity contribution in [2.24, 2.45) is 5.41 Å². The number of carbonyl (C=O) groups is 1. The summed E-state index contributed by atoms with van der Waals surface area (Å²) in [4.78, 5) is 16.2. The van der Waals surface area contributed by atoms with Crippen LogP contribution in [0.2, 0.25) is 0 Å². The topological polar surface area (TPSA) is 42.0 Å². The van der Waals surface area contributed by atoms with Crippen molar-refractivity contribution in [2.75, 3.05) is 12.4 Å². The van der Waals surface area contributed by atoms with E-state index in [4.69, 9.17) is 11.6 Å². The monoisotopic (exact) mass is 280 g/mol. The second kappa shape index (κ2) is 6.38. The van der Waals surface area contributed by atoms with Crippen molar-refractivity contribution in [2.45, 2.75) is 39.0 Å². The van der Waals surface area contributed by atoms with Gasteiger partial charge in [0.25, 0.3) is 5.91 Å². The van der Waals surface area contributed by atoms with Gasteiger partial charge >= 0.3 is 0 Å². The number of hydrogen-bond donors (Lipinski definition) is 1. The van der Waals surface area contributed by atoms with Gasteiger partial charge in [-0.25, -0.2) is 0 Å². The molecule has 0 spiro atoms. The maximum Gasteiger partial charge on any atom is 0.251 e. The van der Waals surface area contributed by atoms with Crippen molar-refractivity contribution < 1.29 is 4.79 Å². The molecule has 1 N–H and O–H groups in total. The average Bonchev–Trinajstić information content (AvgIpc) is 2.46. The van der Waals surface area contributed by atoms with Crippen LogP contribution < -0.4 is 5.32 Å². The molecule has 3 nitrogen and oxygen atoms in total. The molecule has 1 aliphatic carbocycles. The fraction of sp³-hybridized carbons (Fsp3) is 0.600. The molecule has 1 heterocycles. The summed E-state index contributed by atoms with van der Waals surface area (Å²) in [6.45, 7) is 2.56. The van der Waals surface area contributed by atoms with E-state index < -0.39 is 0 Å². The lowest BCUT2D eigenvalue weighted by molar-refractivity contribution is 0.0920. The molecule has 1 amide bonds. The molecule has 0 atom stereocenters. The summed E-state index contributed by atoms with van der Waals surface area (Å²) in [6.07, 6.45) is 7.63. The summed E-state index contributed by atoms with van der Waals surface area (Å²) in [5.74, 6) is 0.600. The second-order valence-corrected chi connectivity index (χ2v) is 5.83. The van der Waals surface area contributed by atoms with Gasteiger partial charge in [0, 0.05) is 35.3 Å². The molecule has 1 aromatic rings. The molecule has 0 unspecified atom stereocenters. The summed E-state index contributed by atoms with van der Waals surface area (Å²) in [7, 11) is 0. The van der Waals surface area contributed by atoms with Gasteiger partial charge in [-0.05, 0) is 31.9 Å². The number of nitrogens with zero attached hydrogens (tertiary/aromatic N) is 1. The van der Waals surface area contributed by atoms with Gasteiger partial charge in [-0.1, -0.05) is 19.3 Å². The Morgan fingerprint density at radius 2 is 2.16 bits per heavy atom. The van der Waals surface area contributed by atoms with E-state index in [1.54, 1.807) is 12.3 Å². The Balaban J connectivity index is 1.95.